The van der Waals surface area contributed by atoms with Crippen LogP contribution in [0.25, 0.3) is 0 Å². The highest BCUT2D eigenvalue weighted by Gasteiger charge is 2.35. The van der Waals surface area contributed by atoms with Gasteiger partial charge in [0.1, 0.15) is 18.1 Å². The van der Waals surface area contributed by atoms with Crippen molar-refractivity contribution in [2.75, 3.05) is 65.1 Å². The molecule has 7 nitrogen and oxygen atoms in total. The Labute approximate surface area is 196 Å². The minimum absolute atomic E-state index is 0.0330. The molecule has 2 aromatic rings. The molecule has 0 saturated carbocycles. The van der Waals surface area contributed by atoms with Crippen molar-refractivity contribution in [3.05, 3.63) is 53.6 Å². The van der Waals surface area contributed by atoms with Crippen molar-refractivity contribution in [2.24, 2.45) is 5.92 Å². The van der Waals surface area contributed by atoms with Gasteiger partial charge in [0.25, 0.3) is 0 Å². The molecule has 0 unspecified atom stereocenters. The van der Waals surface area contributed by atoms with Gasteiger partial charge in [-0.3, -0.25) is 0 Å². The van der Waals surface area contributed by atoms with Gasteiger partial charge in [0.15, 0.2) is 0 Å². The summed E-state index contributed by atoms with van der Waals surface area (Å²) in [7, 11) is 3.41. The van der Waals surface area contributed by atoms with Crippen molar-refractivity contribution >= 4 is 5.69 Å². The highest BCUT2D eigenvalue weighted by molar-refractivity contribution is 5.61. The van der Waals surface area contributed by atoms with E-state index in [1.54, 1.807) is 14.2 Å². The molecule has 2 heterocycles. The smallest absolute Gasteiger partial charge is 0.142 e. The number of aliphatic hydroxyl groups is 1. The van der Waals surface area contributed by atoms with Crippen LogP contribution in [-0.4, -0.2) is 71.4 Å². The minimum Gasteiger partial charge on any atom is -0.497 e. The molecule has 33 heavy (non-hydrogen) atoms. The molecule has 0 bridgehead atoms. The highest BCUT2D eigenvalue weighted by Crippen LogP contribution is 2.35. The Morgan fingerprint density at radius 3 is 2.73 bits per heavy atom. The molecule has 0 amide bonds. The third-order valence-electron chi connectivity index (χ3n) is 6.62. The van der Waals surface area contributed by atoms with Gasteiger partial charge in [-0.25, -0.2) is 0 Å². The summed E-state index contributed by atoms with van der Waals surface area (Å²) < 4.78 is 22.9. The van der Waals surface area contributed by atoms with Gasteiger partial charge >= 0.3 is 0 Å². The van der Waals surface area contributed by atoms with Gasteiger partial charge in [0, 0.05) is 51.8 Å². The Balaban J connectivity index is 1.47. The number of rotatable bonds is 10. The first kappa shape index (κ1) is 23.8. The summed E-state index contributed by atoms with van der Waals surface area (Å²) in [5, 5.41) is 13.5. The van der Waals surface area contributed by atoms with E-state index in [9.17, 15) is 5.11 Å². The van der Waals surface area contributed by atoms with Crippen molar-refractivity contribution < 1.29 is 24.1 Å². The SMILES string of the molecule is COCCCN1CCOc2ccc(CO[C@H]3CNC[C@@H](CO)[C@@H]3c3ccc(OC)cc3)cc21. The Bertz CT molecular complexity index is 875. The Morgan fingerprint density at radius 2 is 1.97 bits per heavy atom. The standard InChI is InChI=1S/C26H36N2O5/c1-30-12-3-10-28-11-13-32-24-9-4-19(14-23(24)28)18-33-25-16-27-15-21(17-29)26(25)20-5-7-22(31-2)8-6-20/h4-9,14,21,25-27,29H,3,10-13,15-18H2,1-2H3/t21-,25-,26-/m0/s1. The first-order valence-electron chi connectivity index (χ1n) is 11.8. The fourth-order valence-corrected chi connectivity index (χ4v) is 4.87. The molecule has 2 N–H and O–H groups in total. The molecule has 0 aromatic heterocycles. The number of ether oxygens (including phenoxy) is 4. The molecule has 180 valence electrons. The number of anilines is 1. The first-order chi connectivity index (χ1) is 16.2. The molecular formula is C26H36N2O5. The summed E-state index contributed by atoms with van der Waals surface area (Å²) in [5.41, 5.74) is 3.42. The zero-order chi connectivity index (χ0) is 23.0. The van der Waals surface area contributed by atoms with Gasteiger partial charge in [0.05, 0.1) is 32.1 Å². The zero-order valence-corrected chi connectivity index (χ0v) is 19.7. The fourth-order valence-electron chi connectivity index (χ4n) is 4.87. The third-order valence-corrected chi connectivity index (χ3v) is 6.62. The second-order valence-electron chi connectivity index (χ2n) is 8.73. The van der Waals surface area contributed by atoms with Crippen LogP contribution in [0.15, 0.2) is 42.5 Å². The molecule has 0 radical (unpaired) electrons. The van der Waals surface area contributed by atoms with Crippen LogP contribution in [0.1, 0.15) is 23.5 Å². The quantitative estimate of drug-likeness (QED) is 0.533. The number of piperidine rings is 1. The van der Waals surface area contributed by atoms with Gasteiger partial charge < -0.3 is 34.3 Å². The van der Waals surface area contributed by atoms with E-state index < -0.39 is 0 Å². The largest absolute Gasteiger partial charge is 0.497 e. The van der Waals surface area contributed by atoms with Crippen LogP contribution in [0.3, 0.4) is 0 Å². The molecule has 3 atom stereocenters. The Morgan fingerprint density at radius 1 is 1.12 bits per heavy atom. The van der Waals surface area contributed by atoms with Crippen LogP contribution in [-0.2, 0) is 16.1 Å². The predicted molar refractivity (Wildman–Crippen MR) is 128 cm³/mol. The number of aliphatic hydroxyl groups excluding tert-OH is 1. The lowest BCUT2D eigenvalue weighted by atomic mass is 9.79. The Kier molecular flexibility index (Phi) is 8.45. The number of nitrogens with zero attached hydrogens (tertiary/aromatic N) is 1. The molecule has 0 aliphatic carbocycles. The number of hydrogen-bond donors (Lipinski definition) is 2. The van der Waals surface area contributed by atoms with Crippen LogP contribution in [0.2, 0.25) is 0 Å². The number of benzene rings is 2. The molecule has 7 heteroatoms. The number of hydrogen-bond acceptors (Lipinski definition) is 7. The number of methoxy groups -OCH3 is 2. The third kappa shape index (κ3) is 5.79. The van der Waals surface area contributed by atoms with Crippen LogP contribution in [0.5, 0.6) is 11.5 Å². The summed E-state index contributed by atoms with van der Waals surface area (Å²) >= 11 is 0. The topological polar surface area (TPSA) is 72.4 Å². The average Bonchev–Trinajstić information content (AvgIpc) is 2.87. The number of nitrogens with one attached hydrogen (secondary N) is 1. The summed E-state index contributed by atoms with van der Waals surface area (Å²) in [6, 6.07) is 14.4. The predicted octanol–water partition coefficient (Wildman–Crippen LogP) is 2.81. The van der Waals surface area contributed by atoms with E-state index in [1.807, 2.05) is 18.2 Å². The molecule has 2 aliphatic heterocycles. The van der Waals surface area contributed by atoms with Crippen LogP contribution >= 0.6 is 0 Å². The summed E-state index contributed by atoms with van der Waals surface area (Å²) in [4.78, 5) is 2.37. The Hall–Kier alpha value is -2.32. The van der Waals surface area contributed by atoms with E-state index in [0.717, 1.165) is 62.0 Å². The first-order valence-corrected chi connectivity index (χ1v) is 11.8. The second-order valence-corrected chi connectivity index (χ2v) is 8.73. The van der Waals surface area contributed by atoms with Gasteiger partial charge in [-0.05, 0) is 41.8 Å². The average molecular weight is 457 g/mol. The highest BCUT2D eigenvalue weighted by atomic mass is 16.5. The molecule has 0 spiro atoms. The van der Waals surface area contributed by atoms with E-state index in [4.69, 9.17) is 18.9 Å². The van der Waals surface area contributed by atoms with E-state index in [-0.39, 0.29) is 24.5 Å². The summed E-state index contributed by atoms with van der Waals surface area (Å²) in [6.45, 7) is 5.44. The normalized spacial score (nSPS) is 22.5. The van der Waals surface area contributed by atoms with Crippen LogP contribution < -0.4 is 19.7 Å². The molecule has 1 saturated heterocycles. The maximum Gasteiger partial charge on any atom is 0.142 e. The lowest BCUT2D eigenvalue weighted by Gasteiger charge is -2.38. The van der Waals surface area contributed by atoms with Crippen molar-refractivity contribution in [2.45, 2.75) is 25.0 Å². The van der Waals surface area contributed by atoms with Crippen molar-refractivity contribution in [3.63, 3.8) is 0 Å². The van der Waals surface area contributed by atoms with Crippen molar-refractivity contribution in [1.29, 1.82) is 0 Å². The van der Waals surface area contributed by atoms with E-state index >= 15 is 0 Å². The molecule has 2 aliphatic rings. The summed E-state index contributed by atoms with van der Waals surface area (Å²) in [5.74, 6) is 1.98. The van der Waals surface area contributed by atoms with Crippen molar-refractivity contribution in [1.82, 2.24) is 5.32 Å². The minimum atomic E-state index is -0.0330. The van der Waals surface area contributed by atoms with E-state index in [2.05, 4.69) is 34.5 Å². The van der Waals surface area contributed by atoms with Gasteiger partial charge in [-0.2, -0.15) is 0 Å². The maximum atomic E-state index is 10.0. The fraction of sp³-hybridized carbons (Fsp3) is 0.538. The van der Waals surface area contributed by atoms with Crippen molar-refractivity contribution in [3.8, 4) is 11.5 Å². The molecular weight excluding hydrogens is 420 g/mol. The van der Waals surface area contributed by atoms with Crippen LogP contribution in [0.4, 0.5) is 5.69 Å². The molecule has 1 fully saturated rings. The lowest BCUT2D eigenvalue weighted by molar-refractivity contribution is -0.0151. The molecule has 2 aromatic carbocycles. The summed E-state index contributed by atoms with van der Waals surface area (Å²) in [6.07, 6.45) is 0.950. The lowest BCUT2D eigenvalue weighted by Crippen LogP contribution is -2.47. The van der Waals surface area contributed by atoms with Gasteiger partial charge in [-0.1, -0.05) is 18.2 Å². The zero-order valence-electron chi connectivity index (χ0n) is 19.7. The number of fused-ring (bicyclic) bond motifs is 1. The van der Waals surface area contributed by atoms with E-state index in [0.29, 0.717) is 13.2 Å². The monoisotopic (exact) mass is 456 g/mol. The molecule has 4 rings (SSSR count). The van der Waals surface area contributed by atoms with E-state index in [1.165, 1.54) is 5.56 Å². The van der Waals surface area contributed by atoms with Crippen LogP contribution in [0, 0.1) is 5.92 Å². The second kappa shape index (κ2) is 11.7. The van der Waals surface area contributed by atoms with Gasteiger partial charge in [-0.15, -0.1) is 0 Å². The maximum absolute atomic E-state index is 10.0. The van der Waals surface area contributed by atoms with Gasteiger partial charge in [0.2, 0.25) is 0 Å².